The SMILES string of the molecule is CC(C)C1CCCCC12CN=C(N)N2c1ccc(F)cc1. The van der Waals surface area contributed by atoms with Crippen LogP contribution in [0.5, 0.6) is 0 Å². The maximum Gasteiger partial charge on any atom is 0.196 e. The molecule has 0 radical (unpaired) electrons. The maximum absolute atomic E-state index is 13.2. The van der Waals surface area contributed by atoms with E-state index < -0.39 is 0 Å². The Labute approximate surface area is 126 Å². The van der Waals surface area contributed by atoms with Crippen LogP contribution in [0.25, 0.3) is 0 Å². The molecule has 2 atom stereocenters. The molecular formula is C17H24FN3. The maximum atomic E-state index is 13.2. The van der Waals surface area contributed by atoms with Gasteiger partial charge in [0.2, 0.25) is 0 Å². The van der Waals surface area contributed by atoms with Gasteiger partial charge in [0.25, 0.3) is 0 Å². The summed E-state index contributed by atoms with van der Waals surface area (Å²) in [5.41, 5.74) is 7.14. The zero-order valence-electron chi connectivity index (χ0n) is 12.8. The van der Waals surface area contributed by atoms with E-state index in [1.54, 1.807) is 0 Å². The van der Waals surface area contributed by atoms with Gasteiger partial charge < -0.3 is 10.6 Å². The number of halogens is 1. The van der Waals surface area contributed by atoms with Gasteiger partial charge in [-0.25, -0.2) is 4.39 Å². The molecule has 1 saturated carbocycles. The number of hydrogen-bond donors (Lipinski definition) is 1. The molecule has 0 saturated heterocycles. The Morgan fingerprint density at radius 1 is 1.29 bits per heavy atom. The fourth-order valence-corrected chi connectivity index (χ4v) is 4.24. The highest BCUT2D eigenvalue weighted by atomic mass is 19.1. The first-order valence-electron chi connectivity index (χ1n) is 7.90. The third-order valence-corrected chi connectivity index (χ3v) is 5.14. The van der Waals surface area contributed by atoms with Gasteiger partial charge in [-0.3, -0.25) is 4.99 Å². The van der Waals surface area contributed by atoms with Crippen molar-refractivity contribution in [3.63, 3.8) is 0 Å². The number of hydrogen-bond acceptors (Lipinski definition) is 3. The Balaban J connectivity index is 2.02. The average molecular weight is 289 g/mol. The second-order valence-electron chi connectivity index (χ2n) is 6.69. The largest absolute Gasteiger partial charge is 0.369 e. The van der Waals surface area contributed by atoms with Crippen LogP contribution in [-0.2, 0) is 0 Å². The molecule has 114 valence electrons. The molecule has 2 N–H and O–H groups in total. The molecule has 4 heteroatoms. The van der Waals surface area contributed by atoms with Crippen LogP contribution >= 0.6 is 0 Å². The number of rotatable bonds is 2. The molecule has 2 unspecified atom stereocenters. The van der Waals surface area contributed by atoms with Gasteiger partial charge in [-0.15, -0.1) is 0 Å². The predicted octanol–water partition coefficient (Wildman–Crippen LogP) is 3.55. The Morgan fingerprint density at radius 2 is 2.00 bits per heavy atom. The molecule has 3 rings (SSSR count). The summed E-state index contributed by atoms with van der Waals surface area (Å²) >= 11 is 0. The summed E-state index contributed by atoms with van der Waals surface area (Å²) in [5, 5.41) is 0. The minimum atomic E-state index is -0.216. The van der Waals surface area contributed by atoms with Gasteiger partial charge in [-0.2, -0.15) is 0 Å². The van der Waals surface area contributed by atoms with Crippen molar-refractivity contribution < 1.29 is 4.39 Å². The smallest absolute Gasteiger partial charge is 0.196 e. The highest BCUT2D eigenvalue weighted by Gasteiger charge is 2.50. The zero-order chi connectivity index (χ0) is 15.0. The number of anilines is 1. The summed E-state index contributed by atoms with van der Waals surface area (Å²) in [6.45, 7) is 5.34. The van der Waals surface area contributed by atoms with Gasteiger partial charge in [0.05, 0.1) is 12.1 Å². The van der Waals surface area contributed by atoms with Crippen molar-refractivity contribution in [3.8, 4) is 0 Å². The molecule has 0 bridgehead atoms. The van der Waals surface area contributed by atoms with Crippen molar-refractivity contribution in [3.05, 3.63) is 30.1 Å². The fourth-order valence-electron chi connectivity index (χ4n) is 4.24. The van der Waals surface area contributed by atoms with Crippen LogP contribution in [0.15, 0.2) is 29.3 Å². The van der Waals surface area contributed by atoms with Crippen LogP contribution in [-0.4, -0.2) is 18.0 Å². The van der Waals surface area contributed by atoms with E-state index >= 15 is 0 Å². The van der Waals surface area contributed by atoms with Gasteiger partial charge in [0.15, 0.2) is 5.96 Å². The first kappa shape index (κ1) is 14.4. The summed E-state index contributed by atoms with van der Waals surface area (Å²) in [6, 6.07) is 6.64. The lowest BCUT2D eigenvalue weighted by molar-refractivity contribution is 0.157. The molecule has 21 heavy (non-hydrogen) atoms. The second-order valence-corrected chi connectivity index (χ2v) is 6.69. The predicted molar refractivity (Wildman–Crippen MR) is 84.9 cm³/mol. The zero-order valence-corrected chi connectivity index (χ0v) is 12.8. The van der Waals surface area contributed by atoms with Crippen LogP contribution in [0.3, 0.4) is 0 Å². The lowest BCUT2D eigenvalue weighted by Gasteiger charge is -2.49. The fraction of sp³-hybridized carbons (Fsp3) is 0.588. The van der Waals surface area contributed by atoms with E-state index in [1.807, 2.05) is 12.1 Å². The monoisotopic (exact) mass is 289 g/mol. The molecule has 1 spiro atoms. The summed E-state index contributed by atoms with van der Waals surface area (Å²) in [6.07, 6.45) is 4.82. The normalized spacial score (nSPS) is 29.2. The minimum Gasteiger partial charge on any atom is -0.369 e. The van der Waals surface area contributed by atoms with Gasteiger partial charge in [0, 0.05) is 5.69 Å². The topological polar surface area (TPSA) is 41.6 Å². The van der Waals surface area contributed by atoms with Crippen molar-refractivity contribution >= 4 is 11.6 Å². The van der Waals surface area contributed by atoms with Crippen molar-refractivity contribution in [2.45, 2.75) is 45.1 Å². The number of nitrogens with zero attached hydrogens (tertiary/aromatic N) is 2. The Morgan fingerprint density at radius 3 is 2.67 bits per heavy atom. The number of nitrogens with two attached hydrogens (primary N) is 1. The van der Waals surface area contributed by atoms with Crippen LogP contribution in [0.2, 0.25) is 0 Å². The van der Waals surface area contributed by atoms with E-state index in [0.29, 0.717) is 17.8 Å². The van der Waals surface area contributed by atoms with E-state index in [4.69, 9.17) is 5.73 Å². The third-order valence-electron chi connectivity index (χ3n) is 5.14. The molecule has 0 amide bonds. The van der Waals surface area contributed by atoms with E-state index in [9.17, 15) is 4.39 Å². The molecule has 0 aromatic heterocycles. The standard InChI is InChI=1S/C17H24FN3/c1-12(2)15-5-3-4-10-17(15)11-20-16(19)21(17)14-8-6-13(18)7-9-14/h6-9,12,15H,3-5,10-11H2,1-2H3,(H2,19,20). The van der Waals surface area contributed by atoms with Crippen LogP contribution in [0.4, 0.5) is 10.1 Å². The van der Waals surface area contributed by atoms with Crippen molar-refractivity contribution in [1.82, 2.24) is 0 Å². The summed E-state index contributed by atoms with van der Waals surface area (Å²) in [4.78, 5) is 6.73. The van der Waals surface area contributed by atoms with Crippen LogP contribution < -0.4 is 10.6 Å². The number of guanidine groups is 1. The van der Waals surface area contributed by atoms with Gasteiger partial charge in [-0.1, -0.05) is 26.7 Å². The molecule has 1 heterocycles. The van der Waals surface area contributed by atoms with E-state index in [2.05, 4.69) is 23.7 Å². The summed E-state index contributed by atoms with van der Waals surface area (Å²) in [7, 11) is 0. The number of benzene rings is 1. The van der Waals surface area contributed by atoms with Crippen LogP contribution in [0, 0.1) is 17.7 Å². The van der Waals surface area contributed by atoms with E-state index in [1.165, 1.54) is 31.4 Å². The minimum absolute atomic E-state index is 0.0195. The Kier molecular flexibility index (Phi) is 3.64. The number of aliphatic imine (C=N–C) groups is 1. The first-order valence-corrected chi connectivity index (χ1v) is 7.90. The molecular weight excluding hydrogens is 265 g/mol. The average Bonchev–Trinajstić information content (AvgIpc) is 2.78. The molecule has 1 fully saturated rings. The van der Waals surface area contributed by atoms with Crippen molar-refractivity contribution in [1.29, 1.82) is 0 Å². The Hall–Kier alpha value is -1.58. The van der Waals surface area contributed by atoms with Gasteiger partial charge >= 0.3 is 0 Å². The molecule has 1 aliphatic heterocycles. The van der Waals surface area contributed by atoms with Crippen LogP contribution in [0.1, 0.15) is 39.5 Å². The van der Waals surface area contributed by atoms with Gasteiger partial charge in [-0.05, 0) is 48.9 Å². The Bertz CT molecular complexity index is 537. The van der Waals surface area contributed by atoms with E-state index in [-0.39, 0.29) is 11.4 Å². The van der Waals surface area contributed by atoms with Crippen molar-refractivity contribution in [2.24, 2.45) is 22.6 Å². The first-order chi connectivity index (χ1) is 10.0. The molecule has 1 aromatic carbocycles. The highest BCUT2D eigenvalue weighted by molar-refractivity contribution is 5.98. The summed E-state index contributed by atoms with van der Waals surface area (Å²) in [5.74, 6) is 1.52. The van der Waals surface area contributed by atoms with Gasteiger partial charge in [0.1, 0.15) is 5.82 Å². The van der Waals surface area contributed by atoms with Crippen molar-refractivity contribution in [2.75, 3.05) is 11.4 Å². The quantitative estimate of drug-likeness (QED) is 0.904. The second kappa shape index (κ2) is 5.32. The lowest BCUT2D eigenvalue weighted by Crippen LogP contribution is -2.59. The third kappa shape index (κ3) is 2.30. The molecule has 1 aromatic rings. The van der Waals surface area contributed by atoms with E-state index in [0.717, 1.165) is 18.7 Å². The molecule has 3 nitrogen and oxygen atoms in total. The molecule has 2 aliphatic rings. The lowest BCUT2D eigenvalue weighted by atomic mass is 9.67. The molecule has 1 aliphatic carbocycles. The summed E-state index contributed by atoms with van der Waals surface area (Å²) < 4.78 is 13.2. The highest BCUT2D eigenvalue weighted by Crippen LogP contribution is 2.46.